The number of methoxy groups -OCH3 is 3. The van der Waals surface area contributed by atoms with Crippen LogP contribution in [0.1, 0.15) is 84.0 Å². The van der Waals surface area contributed by atoms with Crippen molar-refractivity contribution in [2.45, 2.75) is 114 Å². The van der Waals surface area contributed by atoms with Gasteiger partial charge >= 0.3 is 0 Å². The number of hydrogen-bond donors (Lipinski definition) is 0. The molecule has 6 unspecified atom stereocenters. The summed E-state index contributed by atoms with van der Waals surface area (Å²) in [5.41, 5.74) is -0.0970. The molecule has 0 amide bonds. The third-order valence-electron chi connectivity index (χ3n) is 10.7. The fraction of sp³-hybridized carbons (Fsp3) is 0.931. The van der Waals surface area contributed by atoms with Crippen molar-refractivity contribution in [1.29, 1.82) is 0 Å². The van der Waals surface area contributed by atoms with Crippen LogP contribution in [0, 0.1) is 35.5 Å². The molecule has 1 heterocycles. The Morgan fingerprint density at radius 1 is 0.727 bits per heavy atom. The fourth-order valence-corrected chi connectivity index (χ4v) is 8.78. The van der Waals surface area contributed by atoms with E-state index in [0.717, 1.165) is 0 Å². The molecule has 0 bridgehead atoms. The fourth-order valence-electron chi connectivity index (χ4n) is 8.78. The van der Waals surface area contributed by atoms with E-state index in [2.05, 4.69) is 19.1 Å². The Hall–Kier alpha value is -0.420. The summed E-state index contributed by atoms with van der Waals surface area (Å²) in [7, 11) is 5.69. The Morgan fingerprint density at radius 2 is 1.33 bits per heavy atom. The standard InChI is InChI=1S/C29H48O4/c1-19-18-26-25(6-5-7-27(26)32-4)28-24(19)16-17-29(33-28,20-8-12-22(30-2)13-9-20)21-10-14-23(31-3)15-11-21/h16-17,19-28H,5-15,18H2,1-4H3. The minimum atomic E-state index is -0.0970. The lowest BCUT2D eigenvalue weighted by Gasteiger charge is -2.58. The molecular formula is C29H48O4. The first kappa shape index (κ1) is 24.3. The lowest BCUT2D eigenvalue weighted by molar-refractivity contribution is -0.217. The molecule has 0 saturated heterocycles. The minimum absolute atomic E-state index is 0.0970. The summed E-state index contributed by atoms with van der Waals surface area (Å²) < 4.78 is 25.1. The SMILES string of the molecule is COC1CCC(C2(C3CCC(OC)CC3)C=CC3C(C)CC4C(OC)CCCC4C3O2)CC1. The van der Waals surface area contributed by atoms with Gasteiger partial charge in [0.1, 0.15) is 0 Å². The lowest BCUT2D eigenvalue weighted by atomic mass is 9.58. The summed E-state index contributed by atoms with van der Waals surface area (Å²) in [5, 5.41) is 0. The van der Waals surface area contributed by atoms with Gasteiger partial charge in [0, 0.05) is 27.2 Å². The summed E-state index contributed by atoms with van der Waals surface area (Å²) in [6.07, 6.45) is 21.6. The molecule has 0 aromatic rings. The molecule has 5 aliphatic rings. The first-order chi connectivity index (χ1) is 16.1. The van der Waals surface area contributed by atoms with Crippen molar-refractivity contribution >= 4 is 0 Å². The van der Waals surface area contributed by atoms with Crippen LogP contribution in [0.3, 0.4) is 0 Å². The van der Waals surface area contributed by atoms with E-state index in [1.54, 1.807) is 0 Å². The van der Waals surface area contributed by atoms with E-state index >= 15 is 0 Å². The van der Waals surface area contributed by atoms with Crippen LogP contribution in [-0.2, 0) is 18.9 Å². The summed E-state index contributed by atoms with van der Waals surface area (Å²) in [6, 6.07) is 0. The van der Waals surface area contributed by atoms with Gasteiger partial charge in [-0.1, -0.05) is 25.5 Å². The second kappa shape index (κ2) is 10.3. The minimum Gasteiger partial charge on any atom is -0.381 e. The topological polar surface area (TPSA) is 36.9 Å². The van der Waals surface area contributed by atoms with Crippen LogP contribution in [0.25, 0.3) is 0 Å². The molecule has 1 aliphatic heterocycles. The summed E-state index contributed by atoms with van der Waals surface area (Å²) in [5.74, 6) is 3.79. The molecule has 4 saturated carbocycles. The summed E-state index contributed by atoms with van der Waals surface area (Å²) in [6.45, 7) is 2.46. The Morgan fingerprint density at radius 3 is 1.88 bits per heavy atom. The lowest BCUT2D eigenvalue weighted by Crippen LogP contribution is -2.59. The van der Waals surface area contributed by atoms with Gasteiger partial charge in [-0.05, 0) is 100 Å². The normalized spacial score (nSPS) is 50.4. The second-order valence-electron chi connectivity index (χ2n) is 12.0. The van der Waals surface area contributed by atoms with E-state index in [0.29, 0.717) is 59.9 Å². The third kappa shape index (κ3) is 4.47. The van der Waals surface area contributed by atoms with Crippen LogP contribution in [0.15, 0.2) is 12.2 Å². The molecule has 4 nitrogen and oxygen atoms in total. The Balaban J connectivity index is 1.44. The maximum absolute atomic E-state index is 7.60. The van der Waals surface area contributed by atoms with Crippen molar-refractivity contribution in [3.8, 4) is 0 Å². The summed E-state index contributed by atoms with van der Waals surface area (Å²) >= 11 is 0. The second-order valence-corrected chi connectivity index (χ2v) is 12.0. The molecule has 4 fully saturated rings. The van der Waals surface area contributed by atoms with E-state index in [4.69, 9.17) is 18.9 Å². The van der Waals surface area contributed by atoms with Crippen LogP contribution in [0.5, 0.6) is 0 Å². The Labute approximate surface area is 202 Å². The van der Waals surface area contributed by atoms with Crippen molar-refractivity contribution in [2.24, 2.45) is 35.5 Å². The van der Waals surface area contributed by atoms with Gasteiger partial charge in [0.05, 0.1) is 30.0 Å². The number of hydrogen-bond acceptors (Lipinski definition) is 4. The smallest absolute Gasteiger partial charge is 0.0922 e. The van der Waals surface area contributed by atoms with E-state index in [9.17, 15) is 0 Å². The maximum atomic E-state index is 7.60. The average molecular weight is 461 g/mol. The van der Waals surface area contributed by atoms with E-state index in [1.807, 2.05) is 21.3 Å². The highest BCUT2D eigenvalue weighted by Crippen LogP contribution is 2.55. The first-order valence-electron chi connectivity index (χ1n) is 14.0. The Kier molecular flexibility index (Phi) is 7.57. The van der Waals surface area contributed by atoms with Crippen molar-refractivity contribution in [1.82, 2.24) is 0 Å². The highest BCUT2D eigenvalue weighted by Gasteiger charge is 2.55. The van der Waals surface area contributed by atoms with Crippen LogP contribution in [-0.4, -0.2) is 51.3 Å². The Bertz CT molecular complexity index is 637. The van der Waals surface area contributed by atoms with Gasteiger partial charge < -0.3 is 18.9 Å². The predicted molar refractivity (Wildman–Crippen MR) is 131 cm³/mol. The van der Waals surface area contributed by atoms with Gasteiger partial charge in [-0.3, -0.25) is 0 Å². The maximum Gasteiger partial charge on any atom is 0.0922 e. The zero-order valence-electron chi connectivity index (χ0n) is 21.5. The monoisotopic (exact) mass is 460 g/mol. The van der Waals surface area contributed by atoms with Crippen molar-refractivity contribution in [3.63, 3.8) is 0 Å². The van der Waals surface area contributed by atoms with Gasteiger partial charge in [0.15, 0.2) is 0 Å². The number of rotatable bonds is 5. The van der Waals surface area contributed by atoms with Gasteiger partial charge in [0.25, 0.3) is 0 Å². The van der Waals surface area contributed by atoms with Gasteiger partial charge in [-0.15, -0.1) is 0 Å². The molecule has 0 spiro atoms. The van der Waals surface area contributed by atoms with Crippen LogP contribution in [0.4, 0.5) is 0 Å². The molecule has 0 aromatic heterocycles. The molecule has 0 radical (unpaired) electrons. The van der Waals surface area contributed by atoms with Crippen molar-refractivity contribution in [3.05, 3.63) is 12.2 Å². The first-order valence-corrected chi connectivity index (χ1v) is 14.0. The van der Waals surface area contributed by atoms with Crippen LogP contribution < -0.4 is 0 Å². The van der Waals surface area contributed by atoms with Gasteiger partial charge in [-0.2, -0.15) is 0 Å². The van der Waals surface area contributed by atoms with Crippen LogP contribution >= 0.6 is 0 Å². The molecule has 4 aliphatic carbocycles. The van der Waals surface area contributed by atoms with Crippen molar-refractivity contribution in [2.75, 3.05) is 21.3 Å². The largest absolute Gasteiger partial charge is 0.381 e. The quantitative estimate of drug-likeness (QED) is 0.459. The van der Waals surface area contributed by atoms with E-state index in [-0.39, 0.29) is 5.60 Å². The van der Waals surface area contributed by atoms with E-state index in [1.165, 1.54) is 77.0 Å². The zero-order chi connectivity index (χ0) is 23.0. The van der Waals surface area contributed by atoms with Gasteiger partial charge in [0.2, 0.25) is 0 Å². The van der Waals surface area contributed by atoms with Gasteiger partial charge in [-0.25, -0.2) is 0 Å². The summed E-state index contributed by atoms with van der Waals surface area (Å²) in [4.78, 5) is 0. The molecule has 5 rings (SSSR count). The molecule has 4 heteroatoms. The van der Waals surface area contributed by atoms with E-state index < -0.39 is 0 Å². The number of ether oxygens (including phenoxy) is 4. The molecule has 33 heavy (non-hydrogen) atoms. The zero-order valence-corrected chi connectivity index (χ0v) is 21.5. The molecule has 0 N–H and O–H groups in total. The average Bonchev–Trinajstić information content (AvgIpc) is 2.88. The predicted octanol–water partition coefficient (Wildman–Crippen LogP) is 6.18. The van der Waals surface area contributed by atoms with Crippen molar-refractivity contribution < 1.29 is 18.9 Å². The molecule has 6 atom stereocenters. The molecule has 188 valence electrons. The highest BCUT2D eigenvalue weighted by molar-refractivity contribution is 5.19. The third-order valence-corrected chi connectivity index (χ3v) is 10.7. The number of fused-ring (bicyclic) bond motifs is 3. The highest BCUT2D eigenvalue weighted by atomic mass is 16.5. The molecular weight excluding hydrogens is 412 g/mol. The molecule has 0 aromatic carbocycles. The van der Waals surface area contributed by atoms with Crippen LogP contribution in [0.2, 0.25) is 0 Å².